The summed E-state index contributed by atoms with van der Waals surface area (Å²) in [6.45, 7) is 7.60. The summed E-state index contributed by atoms with van der Waals surface area (Å²) in [5.41, 5.74) is 2.43. The number of aliphatic carboxylic acids is 1. The van der Waals surface area contributed by atoms with Gasteiger partial charge in [-0.15, -0.1) is 0 Å². The third kappa shape index (κ3) is 4.73. The second kappa shape index (κ2) is 8.18. The molecule has 1 aromatic rings. The smallest absolute Gasteiger partial charge is 0.306 e. The molecule has 0 saturated carbocycles. The zero-order chi connectivity index (χ0) is 17.7. The molecule has 0 bridgehead atoms. The molecule has 0 aliphatic carbocycles. The highest BCUT2D eigenvalue weighted by molar-refractivity contribution is 5.77. The highest BCUT2D eigenvalue weighted by atomic mass is 16.5. The van der Waals surface area contributed by atoms with Gasteiger partial charge in [0.1, 0.15) is 5.75 Å². The number of hydrogen-bond acceptors (Lipinski definition) is 3. The minimum Gasteiger partial charge on any atom is -0.494 e. The SMILES string of the molecule is Cc1ccc(OCCCC(=O)N2CCC(C(=O)O)C(C)C2)cc1C. The van der Waals surface area contributed by atoms with Gasteiger partial charge < -0.3 is 14.7 Å². The molecule has 1 fully saturated rings. The van der Waals surface area contributed by atoms with Crippen molar-refractivity contribution < 1.29 is 19.4 Å². The van der Waals surface area contributed by atoms with Crippen LogP contribution in [0.4, 0.5) is 0 Å². The highest BCUT2D eigenvalue weighted by Crippen LogP contribution is 2.24. The van der Waals surface area contributed by atoms with Gasteiger partial charge in [-0.2, -0.15) is 0 Å². The summed E-state index contributed by atoms with van der Waals surface area (Å²) in [4.78, 5) is 25.2. The first-order valence-electron chi connectivity index (χ1n) is 8.59. The molecule has 1 aliphatic rings. The molecule has 1 saturated heterocycles. The quantitative estimate of drug-likeness (QED) is 0.813. The van der Waals surface area contributed by atoms with E-state index in [9.17, 15) is 9.59 Å². The van der Waals surface area contributed by atoms with Crippen LogP contribution in [0.2, 0.25) is 0 Å². The average Bonchev–Trinajstić information content (AvgIpc) is 2.54. The molecule has 132 valence electrons. The molecule has 2 atom stereocenters. The van der Waals surface area contributed by atoms with E-state index in [2.05, 4.69) is 6.92 Å². The zero-order valence-electron chi connectivity index (χ0n) is 14.7. The van der Waals surface area contributed by atoms with Gasteiger partial charge in [-0.05, 0) is 55.9 Å². The Morgan fingerprint density at radius 1 is 1.29 bits per heavy atom. The van der Waals surface area contributed by atoms with E-state index in [1.165, 1.54) is 11.1 Å². The molecular formula is C19H27NO4. The third-order valence-corrected chi connectivity index (χ3v) is 4.86. The number of piperidine rings is 1. The molecule has 1 amide bonds. The zero-order valence-corrected chi connectivity index (χ0v) is 14.7. The average molecular weight is 333 g/mol. The molecule has 5 nitrogen and oxygen atoms in total. The van der Waals surface area contributed by atoms with E-state index >= 15 is 0 Å². The topological polar surface area (TPSA) is 66.8 Å². The molecule has 2 rings (SSSR count). The van der Waals surface area contributed by atoms with Gasteiger partial charge in [0.15, 0.2) is 0 Å². The van der Waals surface area contributed by atoms with Gasteiger partial charge in [-0.1, -0.05) is 13.0 Å². The predicted molar refractivity (Wildman–Crippen MR) is 92.1 cm³/mol. The molecule has 0 aromatic heterocycles. The lowest BCUT2D eigenvalue weighted by Gasteiger charge is -2.35. The summed E-state index contributed by atoms with van der Waals surface area (Å²) >= 11 is 0. The van der Waals surface area contributed by atoms with E-state index in [1.54, 1.807) is 4.90 Å². The molecule has 1 aromatic carbocycles. The van der Waals surface area contributed by atoms with Crippen LogP contribution in [0.5, 0.6) is 5.75 Å². The molecule has 1 N–H and O–H groups in total. The maximum Gasteiger partial charge on any atom is 0.306 e. The van der Waals surface area contributed by atoms with E-state index in [-0.39, 0.29) is 17.7 Å². The lowest BCUT2D eigenvalue weighted by molar-refractivity contribution is -0.148. The summed E-state index contributed by atoms with van der Waals surface area (Å²) in [6.07, 6.45) is 1.65. The summed E-state index contributed by atoms with van der Waals surface area (Å²) < 4.78 is 5.70. The normalized spacial score (nSPS) is 20.7. The van der Waals surface area contributed by atoms with Crippen LogP contribution in [0.3, 0.4) is 0 Å². The summed E-state index contributed by atoms with van der Waals surface area (Å²) in [7, 11) is 0. The van der Waals surface area contributed by atoms with Crippen LogP contribution in [0, 0.1) is 25.7 Å². The van der Waals surface area contributed by atoms with Gasteiger partial charge in [0, 0.05) is 19.5 Å². The Labute approximate surface area is 143 Å². The summed E-state index contributed by atoms with van der Waals surface area (Å²) in [5, 5.41) is 9.13. The van der Waals surface area contributed by atoms with Gasteiger partial charge in [-0.25, -0.2) is 0 Å². The number of likely N-dealkylation sites (tertiary alicyclic amines) is 1. The monoisotopic (exact) mass is 333 g/mol. The van der Waals surface area contributed by atoms with Gasteiger partial charge in [0.2, 0.25) is 5.91 Å². The minimum atomic E-state index is -0.753. The Hall–Kier alpha value is -2.04. The second-order valence-electron chi connectivity index (χ2n) is 6.75. The largest absolute Gasteiger partial charge is 0.494 e. The van der Waals surface area contributed by atoms with E-state index in [0.29, 0.717) is 39.0 Å². The van der Waals surface area contributed by atoms with Crippen molar-refractivity contribution in [3.63, 3.8) is 0 Å². The molecule has 1 aliphatic heterocycles. The van der Waals surface area contributed by atoms with Crippen LogP contribution in [0.1, 0.15) is 37.3 Å². The van der Waals surface area contributed by atoms with Gasteiger partial charge in [0.05, 0.1) is 12.5 Å². The highest BCUT2D eigenvalue weighted by Gasteiger charge is 2.32. The van der Waals surface area contributed by atoms with E-state index in [0.717, 1.165) is 5.75 Å². The summed E-state index contributed by atoms with van der Waals surface area (Å²) in [5.74, 6) is -0.152. The van der Waals surface area contributed by atoms with Crippen molar-refractivity contribution in [2.75, 3.05) is 19.7 Å². The maximum atomic E-state index is 12.3. The first-order valence-corrected chi connectivity index (χ1v) is 8.59. The Balaban J connectivity index is 1.72. The van der Waals surface area contributed by atoms with Crippen LogP contribution in [-0.4, -0.2) is 41.6 Å². The van der Waals surface area contributed by atoms with Crippen molar-refractivity contribution in [2.45, 2.75) is 40.0 Å². The van der Waals surface area contributed by atoms with Crippen molar-refractivity contribution in [1.82, 2.24) is 4.90 Å². The molecule has 0 spiro atoms. The Morgan fingerprint density at radius 2 is 2.04 bits per heavy atom. The third-order valence-electron chi connectivity index (χ3n) is 4.86. The van der Waals surface area contributed by atoms with Crippen molar-refractivity contribution in [1.29, 1.82) is 0 Å². The number of aryl methyl sites for hydroxylation is 2. The van der Waals surface area contributed by atoms with Gasteiger partial charge in [-0.3, -0.25) is 9.59 Å². The van der Waals surface area contributed by atoms with Crippen molar-refractivity contribution >= 4 is 11.9 Å². The molecular weight excluding hydrogens is 306 g/mol. The molecule has 0 radical (unpaired) electrons. The Morgan fingerprint density at radius 3 is 2.67 bits per heavy atom. The first-order chi connectivity index (χ1) is 11.4. The standard InChI is InChI=1S/C19H27NO4/c1-13-6-7-16(11-14(13)2)24-10-4-5-18(21)20-9-8-17(19(22)23)15(3)12-20/h6-7,11,15,17H,4-5,8-10,12H2,1-3H3,(H,22,23). The number of carboxylic acid groups (broad SMARTS) is 1. The fraction of sp³-hybridized carbons (Fsp3) is 0.579. The van der Waals surface area contributed by atoms with E-state index in [1.807, 2.05) is 32.0 Å². The van der Waals surface area contributed by atoms with Crippen molar-refractivity contribution in [3.05, 3.63) is 29.3 Å². The number of ether oxygens (including phenoxy) is 1. The van der Waals surface area contributed by atoms with Crippen LogP contribution in [-0.2, 0) is 9.59 Å². The number of rotatable bonds is 6. The number of hydrogen-bond donors (Lipinski definition) is 1. The Kier molecular flexibility index (Phi) is 6.23. The van der Waals surface area contributed by atoms with E-state index < -0.39 is 5.97 Å². The molecule has 24 heavy (non-hydrogen) atoms. The van der Waals surface area contributed by atoms with Crippen LogP contribution >= 0.6 is 0 Å². The second-order valence-corrected chi connectivity index (χ2v) is 6.75. The van der Waals surface area contributed by atoms with Crippen LogP contribution < -0.4 is 4.74 Å². The number of carbonyl (C=O) groups excluding carboxylic acids is 1. The number of nitrogens with zero attached hydrogens (tertiary/aromatic N) is 1. The molecule has 5 heteroatoms. The number of benzene rings is 1. The fourth-order valence-corrected chi connectivity index (χ4v) is 3.11. The van der Waals surface area contributed by atoms with Gasteiger partial charge in [0.25, 0.3) is 0 Å². The van der Waals surface area contributed by atoms with Crippen LogP contribution in [0.25, 0.3) is 0 Å². The van der Waals surface area contributed by atoms with Crippen molar-refractivity contribution in [2.24, 2.45) is 11.8 Å². The van der Waals surface area contributed by atoms with Crippen LogP contribution in [0.15, 0.2) is 18.2 Å². The summed E-state index contributed by atoms with van der Waals surface area (Å²) in [6, 6.07) is 5.99. The number of carboxylic acids is 1. The van der Waals surface area contributed by atoms with Gasteiger partial charge >= 0.3 is 5.97 Å². The maximum absolute atomic E-state index is 12.3. The minimum absolute atomic E-state index is 0.00647. The lowest BCUT2D eigenvalue weighted by Crippen LogP contribution is -2.45. The molecule has 2 unspecified atom stereocenters. The number of amides is 1. The number of carbonyl (C=O) groups is 2. The molecule has 1 heterocycles. The Bertz CT molecular complexity index is 599. The first kappa shape index (κ1) is 18.3. The van der Waals surface area contributed by atoms with E-state index in [4.69, 9.17) is 9.84 Å². The predicted octanol–water partition coefficient (Wildman–Crippen LogP) is 3.03. The fourth-order valence-electron chi connectivity index (χ4n) is 3.11. The van der Waals surface area contributed by atoms with Crippen molar-refractivity contribution in [3.8, 4) is 5.75 Å². The lowest BCUT2D eigenvalue weighted by atomic mass is 9.87.